The fourth-order valence-electron chi connectivity index (χ4n) is 2.07. The predicted octanol–water partition coefficient (Wildman–Crippen LogP) is -1.24. The first-order valence-corrected chi connectivity index (χ1v) is 6.23. The van der Waals surface area contributed by atoms with Gasteiger partial charge in [-0.2, -0.15) is 4.98 Å². The lowest BCUT2D eigenvalue weighted by molar-refractivity contribution is 0.140. The Morgan fingerprint density at radius 3 is 2.60 bits per heavy atom. The number of hydrogen-bond donors (Lipinski definition) is 2. The van der Waals surface area contributed by atoms with Crippen molar-refractivity contribution in [1.82, 2.24) is 18.7 Å². The summed E-state index contributed by atoms with van der Waals surface area (Å²) >= 11 is 0. The van der Waals surface area contributed by atoms with E-state index in [1.807, 2.05) is 6.92 Å². The van der Waals surface area contributed by atoms with Gasteiger partial charge in [0.2, 0.25) is 5.95 Å². The minimum atomic E-state index is -0.430. The minimum absolute atomic E-state index is 0.294. The Labute approximate surface area is 114 Å². The van der Waals surface area contributed by atoms with E-state index in [1.165, 1.54) is 11.6 Å². The van der Waals surface area contributed by atoms with Crippen LogP contribution in [0.5, 0.6) is 0 Å². The zero-order chi connectivity index (χ0) is 14.9. The molecule has 0 fully saturated rings. The van der Waals surface area contributed by atoms with Crippen molar-refractivity contribution in [3.63, 3.8) is 0 Å². The summed E-state index contributed by atoms with van der Waals surface area (Å²) in [6, 6.07) is 0. The van der Waals surface area contributed by atoms with Crippen LogP contribution in [0, 0.1) is 0 Å². The third-order valence-corrected chi connectivity index (χ3v) is 3.14. The molecular formula is C11H18N6O3. The van der Waals surface area contributed by atoms with Crippen LogP contribution in [0.15, 0.2) is 9.59 Å². The minimum Gasteiger partial charge on any atom is -0.380 e. The molecule has 0 saturated heterocycles. The van der Waals surface area contributed by atoms with Crippen molar-refractivity contribution in [2.24, 2.45) is 19.9 Å². The third-order valence-electron chi connectivity index (χ3n) is 3.14. The molecule has 2 aromatic heterocycles. The molecule has 0 aromatic carbocycles. The van der Waals surface area contributed by atoms with Gasteiger partial charge in [0.1, 0.15) is 0 Å². The molecule has 0 aliphatic rings. The number of hydrogen-bond acceptors (Lipinski definition) is 6. The van der Waals surface area contributed by atoms with Gasteiger partial charge in [-0.15, -0.1) is 0 Å². The number of anilines is 1. The van der Waals surface area contributed by atoms with Gasteiger partial charge in [0.15, 0.2) is 11.2 Å². The van der Waals surface area contributed by atoms with E-state index in [1.54, 1.807) is 11.6 Å². The van der Waals surface area contributed by atoms with E-state index in [2.05, 4.69) is 10.4 Å². The molecule has 0 atom stereocenters. The maximum Gasteiger partial charge on any atom is 0.332 e. The average molecular weight is 282 g/mol. The van der Waals surface area contributed by atoms with E-state index in [4.69, 9.17) is 10.6 Å². The number of nitrogen functional groups attached to an aromatic ring is 1. The van der Waals surface area contributed by atoms with Gasteiger partial charge in [-0.1, -0.05) is 0 Å². The van der Waals surface area contributed by atoms with E-state index in [9.17, 15) is 9.59 Å². The Morgan fingerprint density at radius 1 is 1.30 bits per heavy atom. The van der Waals surface area contributed by atoms with Crippen LogP contribution in [0.25, 0.3) is 11.2 Å². The topological polar surface area (TPSA) is 109 Å². The first-order chi connectivity index (χ1) is 9.52. The number of aryl methyl sites for hydroxylation is 1. The van der Waals surface area contributed by atoms with Crippen LogP contribution in [-0.2, 0) is 25.4 Å². The molecule has 9 heteroatoms. The number of nitrogens with two attached hydrogens (primary N) is 1. The van der Waals surface area contributed by atoms with E-state index >= 15 is 0 Å². The molecule has 0 spiro atoms. The highest BCUT2D eigenvalue weighted by Crippen LogP contribution is 2.14. The fraction of sp³-hybridized carbons (Fsp3) is 0.545. The SMILES string of the molecule is CCOCCn1c(NN)nc2c1c(=O)n(C)c(=O)n2C. The zero-order valence-corrected chi connectivity index (χ0v) is 11.7. The molecule has 0 amide bonds. The highest BCUT2D eigenvalue weighted by atomic mass is 16.5. The fourth-order valence-corrected chi connectivity index (χ4v) is 2.07. The molecule has 3 N–H and O–H groups in total. The molecule has 0 aliphatic carbocycles. The van der Waals surface area contributed by atoms with Crippen molar-refractivity contribution in [1.29, 1.82) is 0 Å². The van der Waals surface area contributed by atoms with Crippen molar-refractivity contribution < 1.29 is 4.74 Å². The quantitative estimate of drug-likeness (QED) is 0.403. The van der Waals surface area contributed by atoms with Crippen molar-refractivity contribution in [2.75, 3.05) is 18.6 Å². The number of aromatic nitrogens is 4. The molecule has 0 radical (unpaired) electrons. The van der Waals surface area contributed by atoms with Crippen LogP contribution in [-0.4, -0.2) is 31.9 Å². The molecule has 2 aromatic rings. The maximum atomic E-state index is 12.3. The predicted molar refractivity (Wildman–Crippen MR) is 74.5 cm³/mol. The van der Waals surface area contributed by atoms with Gasteiger partial charge >= 0.3 is 5.69 Å². The molecule has 0 unspecified atom stereocenters. The molecule has 2 rings (SSSR count). The largest absolute Gasteiger partial charge is 0.380 e. The van der Waals surface area contributed by atoms with Crippen LogP contribution >= 0.6 is 0 Å². The Bertz CT molecular complexity index is 741. The van der Waals surface area contributed by atoms with Crippen LogP contribution in [0.4, 0.5) is 5.95 Å². The van der Waals surface area contributed by atoms with Gasteiger partial charge in [0.25, 0.3) is 5.56 Å². The number of fused-ring (bicyclic) bond motifs is 1. The van der Waals surface area contributed by atoms with Crippen LogP contribution in [0.2, 0.25) is 0 Å². The lowest BCUT2D eigenvalue weighted by atomic mass is 10.5. The summed E-state index contributed by atoms with van der Waals surface area (Å²) < 4.78 is 9.26. The van der Waals surface area contributed by atoms with Gasteiger partial charge < -0.3 is 9.30 Å². The second kappa shape index (κ2) is 5.47. The smallest absolute Gasteiger partial charge is 0.332 e. The van der Waals surface area contributed by atoms with Gasteiger partial charge in [-0.25, -0.2) is 10.6 Å². The monoisotopic (exact) mass is 282 g/mol. The summed E-state index contributed by atoms with van der Waals surface area (Å²) in [7, 11) is 2.99. The molecule has 0 aliphatic heterocycles. The summed E-state index contributed by atoms with van der Waals surface area (Å²) in [6.07, 6.45) is 0. The second-order valence-electron chi connectivity index (χ2n) is 4.31. The van der Waals surface area contributed by atoms with Crippen LogP contribution in [0.3, 0.4) is 0 Å². The van der Waals surface area contributed by atoms with Crippen molar-refractivity contribution in [3.8, 4) is 0 Å². The van der Waals surface area contributed by atoms with Crippen molar-refractivity contribution >= 4 is 17.1 Å². The summed E-state index contributed by atoms with van der Waals surface area (Å²) in [4.78, 5) is 28.3. The molecule has 2 heterocycles. The number of imidazole rings is 1. The molecule has 20 heavy (non-hydrogen) atoms. The highest BCUT2D eigenvalue weighted by molar-refractivity contribution is 5.74. The Hall–Kier alpha value is -2.13. The Kier molecular flexibility index (Phi) is 3.91. The Morgan fingerprint density at radius 2 is 2.00 bits per heavy atom. The highest BCUT2D eigenvalue weighted by Gasteiger charge is 2.18. The van der Waals surface area contributed by atoms with Gasteiger partial charge in [0, 0.05) is 27.2 Å². The first-order valence-electron chi connectivity index (χ1n) is 6.23. The molecular weight excluding hydrogens is 264 g/mol. The van der Waals surface area contributed by atoms with Gasteiger partial charge in [-0.05, 0) is 6.92 Å². The summed E-state index contributed by atoms with van der Waals surface area (Å²) in [5.74, 6) is 5.74. The lowest BCUT2D eigenvalue weighted by Crippen LogP contribution is -2.37. The van der Waals surface area contributed by atoms with Gasteiger partial charge in [0.05, 0.1) is 6.61 Å². The van der Waals surface area contributed by atoms with E-state index in [-0.39, 0.29) is 0 Å². The lowest BCUT2D eigenvalue weighted by Gasteiger charge is -2.08. The van der Waals surface area contributed by atoms with Crippen LogP contribution < -0.4 is 22.5 Å². The number of nitrogens with zero attached hydrogens (tertiary/aromatic N) is 4. The maximum absolute atomic E-state index is 12.3. The molecule has 9 nitrogen and oxygen atoms in total. The van der Waals surface area contributed by atoms with Crippen LogP contribution in [0.1, 0.15) is 6.92 Å². The number of ether oxygens (including phenoxy) is 1. The van der Waals surface area contributed by atoms with E-state index in [0.29, 0.717) is 36.9 Å². The zero-order valence-electron chi connectivity index (χ0n) is 11.7. The molecule has 0 bridgehead atoms. The number of rotatable bonds is 5. The number of hydrazine groups is 1. The summed E-state index contributed by atoms with van der Waals surface area (Å²) in [5.41, 5.74) is 2.21. The van der Waals surface area contributed by atoms with Crippen molar-refractivity contribution in [2.45, 2.75) is 13.5 Å². The Balaban J connectivity index is 2.72. The van der Waals surface area contributed by atoms with E-state index in [0.717, 1.165) is 4.57 Å². The third kappa shape index (κ3) is 2.10. The summed E-state index contributed by atoms with van der Waals surface area (Å²) in [6.45, 7) is 3.30. The second-order valence-corrected chi connectivity index (χ2v) is 4.31. The molecule has 110 valence electrons. The summed E-state index contributed by atoms with van der Waals surface area (Å²) in [5, 5.41) is 0. The first kappa shape index (κ1) is 14.3. The van der Waals surface area contributed by atoms with E-state index < -0.39 is 11.2 Å². The van der Waals surface area contributed by atoms with Gasteiger partial charge in [-0.3, -0.25) is 19.4 Å². The standard InChI is InChI=1S/C11H18N6O3/c1-4-20-6-5-17-7-8(13-10(17)14-12)15(2)11(19)16(3)9(7)18/h4-6,12H2,1-3H3,(H,13,14). The normalized spacial score (nSPS) is 11.2. The van der Waals surface area contributed by atoms with Crippen molar-refractivity contribution in [3.05, 3.63) is 20.8 Å². The average Bonchev–Trinajstić information content (AvgIpc) is 2.82. The number of nitrogens with one attached hydrogen (secondary N) is 1. The molecule has 0 saturated carbocycles.